The van der Waals surface area contributed by atoms with E-state index in [-0.39, 0.29) is 104 Å². The normalized spacial score (nSPS) is 17.2. The third-order valence-corrected chi connectivity index (χ3v) is 18.1. The van der Waals surface area contributed by atoms with Gasteiger partial charge in [-0.05, 0) is 219 Å². The zero-order valence-electron chi connectivity index (χ0n) is 62.7. The number of ether oxygens (including phenoxy) is 3. The fourth-order valence-electron chi connectivity index (χ4n) is 10.2. The van der Waals surface area contributed by atoms with Gasteiger partial charge < -0.3 is 92.0 Å². The highest BCUT2D eigenvalue weighted by atomic mass is 127. The van der Waals surface area contributed by atoms with E-state index in [4.69, 9.17) is 50.9 Å². The Balaban J connectivity index is 0.000000473. The van der Waals surface area contributed by atoms with Crippen LogP contribution in [0, 0.1) is 56.2 Å². The third kappa shape index (κ3) is 33.8. The molecule has 107 heavy (non-hydrogen) atoms. The van der Waals surface area contributed by atoms with E-state index in [0.717, 1.165) is 37.5 Å². The number of nitrogens with zero attached hydrogens (tertiary/aromatic N) is 6. The van der Waals surface area contributed by atoms with Gasteiger partial charge in [0.15, 0.2) is 29.1 Å². The summed E-state index contributed by atoms with van der Waals surface area (Å²) in [5.74, 6) is -3.42. The zero-order valence-corrected chi connectivity index (χ0v) is 68.1. The van der Waals surface area contributed by atoms with Crippen LogP contribution in [0.25, 0.3) is 11.1 Å². The quantitative estimate of drug-likeness (QED) is 0.0169. The average molecular weight is 1780 g/mol. The fraction of sp³-hybridized carbons (Fsp3) is 0.586. The van der Waals surface area contributed by atoms with E-state index < -0.39 is 96.9 Å². The van der Waals surface area contributed by atoms with Crippen molar-refractivity contribution < 1.29 is 92.3 Å². The molecule has 0 bridgehead atoms. The maximum atomic E-state index is 15.2. The van der Waals surface area contributed by atoms with Crippen LogP contribution in [0.1, 0.15) is 113 Å². The maximum Gasteiger partial charge on any atom is 0.495 e. The smallest absolute Gasteiger partial charge is 0.399 e. The van der Waals surface area contributed by atoms with E-state index in [1.807, 2.05) is 95.9 Å². The molecule has 4 fully saturated rings. The van der Waals surface area contributed by atoms with Crippen molar-refractivity contribution in [1.82, 2.24) is 24.8 Å². The molecule has 3 aromatic heterocycles. The van der Waals surface area contributed by atoms with E-state index in [9.17, 15) is 54.2 Å². The number of carbonyl (C=O) groups is 2. The van der Waals surface area contributed by atoms with Crippen LogP contribution in [0.5, 0.6) is 0 Å². The van der Waals surface area contributed by atoms with Crippen LogP contribution < -0.4 is 48.8 Å². The summed E-state index contributed by atoms with van der Waals surface area (Å²) in [7, 11) is -0.556. The number of hydrogen-bond acceptors (Lipinski definition) is 19. The minimum absolute atomic E-state index is 0. The lowest BCUT2D eigenvalue weighted by Gasteiger charge is -2.32. The van der Waals surface area contributed by atoms with Gasteiger partial charge in [0.25, 0.3) is 5.95 Å². The minimum atomic E-state index is -4.26. The van der Waals surface area contributed by atoms with E-state index in [0.29, 0.717) is 71.2 Å². The summed E-state index contributed by atoms with van der Waals surface area (Å²) in [5.41, 5.74) is 19.5. The number of nitrogens with one attached hydrogen (secondary N) is 4. The van der Waals surface area contributed by atoms with E-state index in [1.54, 1.807) is 86.7 Å². The number of rotatable bonds is 18. The second kappa shape index (κ2) is 46.8. The second-order valence-electron chi connectivity index (χ2n) is 26.2. The highest BCUT2D eigenvalue weighted by Gasteiger charge is 2.52. The van der Waals surface area contributed by atoms with E-state index in [2.05, 4.69) is 36.2 Å². The van der Waals surface area contributed by atoms with Crippen molar-refractivity contribution in [2.75, 3.05) is 136 Å². The van der Waals surface area contributed by atoms with Crippen molar-refractivity contribution in [3.8, 4) is 11.1 Å². The lowest BCUT2D eigenvalue weighted by atomic mass is 9.76. The Morgan fingerprint density at radius 3 is 1.46 bits per heavy atom. The van der Waals surface area contributed by atoms with Crippen LogP contribution in [0.15, 0.2) is 54.6 Å². The highest BCUT2D eigenvalue weighted by Crippen LogP contribution is 2.38. The number of morpholine rings is 1. The standard InChI is InChI=1S/C22H27F4N5O2.C20H28BF3N2O3.C9H9F2IN2O.C8H11FIN3O.2C4H10O.C3H9NO.H2S/c1-12-3-4-15(29-21(33)31-6-5-14(10-31)9-22(24,25)26)7-16(12)17-8-18(27)30-20(19(17)23)28-13(2)11-32;1-13-6-7-15(10-16(13)21-28-18(2,3)19(4,5)29-21)25-17(27)26-9-8-14(12-26)11-20(22,23)24;10-8-6(12)5-7(13-9(8)11)14-1-3-15-4-2-14;1-4(3-14)12-8-7(9)5(10)2-6(11)13-8;2*1-3-5-4-2;1-3(4)2-5;/h3-4,7-8,13-14,32H,5-6,9-11H2,1-2H3,(H,29,33)(H3,27,28,30);6-7,10,14H,8-9,11-12H2,1-5H3,(H,25,27);5H,1-4H2;2,4,14H,3H2,1H3,(H3,11,12,13);2*3-4H2,1-2H3;3,5H,2,4H2,1H3;1H2/t13-,14+;14-;;4-;;;3-;/m10.1..1./s1. The first-order chi connectivity index (χ1) is 49.6. The number of hydrogen-bond donors (Lipinski definition) is 10. The largest absolute Gasteiger partial charge is 0.495 e. The highest BCUT2D eigenvalue weighted by molar-refractivity contribution is 14.1. The van der Waals surface area contributed by atoms with Crippen molar-refractivity contribution in [1.29, 1.82) is 0 Å². The number of benzene rings is 2. The summed E-state index contributed by atoms with van der Waals surface area (Å²) in [6.45, 7) is 31.0. The number of aryl methyl sites for hydroxylation is 2. The number of urea groups is 2. The van der Waals surface area contributed by atoms with Gasteiger partial charge in [0.2, 0.25) is 0 Å². The van der Waals surface area contributed by atoms with Gasteiger partial charge in [-0.1, -0.05) is 17.7 Å². The van der Waals surface area contributed by atoms with Crippen LogP contribution in [0.4, 0.5) is 94.0 Å². The summed E-state index contributed by atoms with van der Waals surface area (Å²) in [5, 5.41) is 37.0. The van der Waals surface area contributed by atoms with Gasteiger partial charge in [-0.2, -0.15) is 49.2 Å². The maximum absolute atomic E-state index is 15.2. The van der Waals surface area contributed by atoms with Gasteiger partial charge in [-0.15, -0.1) is 0 Å². The molecule has 0 aliphatic carbocycles. The number of anilines is 7. The first-order valence-corrected chi connectivity index (χ1v) is 36.7. The summed E-state index contributed by atoms with van der Waals surface area (Å²) >= 11 is 3.60. The van der Waals surface area contributed by atoms with Crippen molar-refractivity contribution in [2.24, 2.45) is 17.6 Å². The molecule has 4 saturated heterocycles. The van der Waals surface area contributed by atoms with Crippen LogP contribution >= 0.6 is 58.7 Å². The lowest BCUT2D eigenvalue weighted by Crippen LogP contribution is -2.41. The minimum Gasteiger partial charge on any atom is -0.399 e. The Hall–Kier alpha value is -5.76. The molecule has 0 unspecified atom stereocenters. The Morgan fingerprint density at radius 2 is 1.05 bits per heavy atom. The molecular weight excluding hydrogens is 1670 g/mol. The number of halogens is 12. The molecule has 0 saturated carbocycles. The molecule has 5 aromatic rings. The van der Waals surface area contributed by atoms with Gasteiger partial charge in [0.1, 0.15) is 17.5 Å². The van der Waals surface area contributed by atoms with Gasteiger partial charge >= 0.3 is 31.5 Å². The number of likely N-dealkylation sites (tertiary alicyclic amines) is 2. The zero-order chi connectivity index (χ0) is 80.0. The van der Waals surface area contributed by atoms with Gasteiger partial charge in [-0.25, -0.2) is 32.7 Å². The van der Waals surface area contributed by atoms with Gasteiger partial charge in [0, 0.05) is 114 Å². The van der Waals surface area contributed by atoms with Crippen LogP contribution in [0.3, 0.4) is 0 Å². The summed E-state index contributed by atoms with van der Waals surface area (Å²) < 4.78 is 158. The Morgan fingerprint density at radius 1 is 0.626 bits per heavy atom. The van der Waals surface area contributed by atoms with E-state index >= 15 is 4.39 Å². The Bertz CT molecular complexity index is 3480. The van der Waals surface area contributed by atoms with Crippen molar-refractivity contribution in [3.63, 3.8) is 0 Å². The number of pyridine rings is 3. The third-order valence-electron chi connectivity index (χ3n) is 16.5. The van der Waals surface area contributed by atoms with Crippen LogP contribution in [-0.4, -0.2) is 200 Å². The predicted molar refractivity (Wildman–Crippen MR) is 421 cm³/mol. The van der Waals surface area contributed by atoms with Gasteiger partial charge in [0.05, 0.1) is 51.4 Å². The van der Waals surface area contributed by atoms with Crippen LogP contribution in [-0.2, 0) is 23.5 Å². The molecule has 2 aromatic carbocycles. The van der Waals surface area contributed by atoms with Crippen molar-refractivity contribution in [3.05, 3.63) is 96.3 Å². The predicted octanol–water partition coefficient (Wildman–Crippen LogP) is 13.0. The molecule has 7 heterocycles. The summed E-state index contributed by atoms with van der Waals surface area (Å²) in [6.07, 6.45) is -9.59. The van der Waals surface area contributed by atoms with Crippen molar-refractivity contribution >= 4 is 124 Å². The Labute approximate surface area is 655 Å². The number of nitrogens with two attached hydrogens (primary N) is 3. The monoisotopic (exact) mass is 1780 g/mol. The molecule has 37 heteroatoms. The number of aromatic nitrogens is 3. The SMILES string of the molecule is CCOCC.CCOCC.C[C@@H](N)CO.C[C@H](CO)Nc1nc(N)cc(I)c1F.Cc1ccc(NC(=O)N2CC[C@@H](CC(F)(F)F)C2)cc1-c1cc(N)nc(N[C@H](C)CO)c1F.Cc1ccc(NC(=O)N2CC[C@@H](CC(F)(F)F)C2)cc1B1OC(C)(C)C(C)(C)O1.Fc1nc(N2CCOCC2)cc(I)c1F.S. The Kier molecular flexibility index (Phi) is 42.6. The number of carbonyl (C=O) groups excluding carboxylic acids is 2. The van der Waals surface area contributed by atoms with Crippen molar-refractivity contribution in [2.45, 2.75) is 157 Å². The number of alkyl halides is 6. The number of amides is 4. The molecule has 0 radical (unpaired) electrons. The average Bonchev–Trinajstić information content (AvgIpc) is 1.67. The molecular formula is C70H106BF10I2N13O10S. The topological polar surface area (TPSA) is 316 Å². The number of aliphatic hydroxyl groups is 3. The molecule has 9 rings (SSSR count). The fourth-order valence-corrected chi connectivity index (χ4v) is 11.3. The second-order valence-corrected chi connectivity index (χ2v) is 28.5. The molecule has 4 aliphatic rings. The molecule has 0 spiro atoms. The van der Waals surface area contributed by atoms with Crippen LogP contribution in [0.2, 0.25) is 0 Å². The molecule has 23 nitrogen and oxygen atoms in total. The van der Waals surface area contributed by atoms with E-state index in [1.165, 1.54) is 21.9 Å². The molecule has 5 atom stereocenters. The first kappa shape index (κ1) is 97.3. The van der Waals surface area contributed by atoms with Gasteiger partial charge in [-0.3, -0.25) is 0 Å². The number of aliphatic hydroxyl groups excluding tert-OH is 3. The number of nitrogen functional groups attached to an aromatic ring is 2. The lowest BCUT2D eigenvalue weighted by molar-refractivity contribution is -0.144. The molecule has 604 valence electrons. The first-order valence-electron chi connectivity index (χ1n) is 34.6. The molecule has 13 N–H and O–H groups in total. The molecule has 4 aliphatic heterocycles. The molecule has 4 amide bonds. The summed E-state index contributed by atoms with van der Waals surface area (Å²) in [6, 6.07) is 13.1. The summed E-state index contributed by atoms with van der Waals surface area (Å²) in [4.78, 5) is 41.1.